The fourth-order valence-electron chi connectivity index (χ4n) is 2.54. The van der Waals surface area contributed by atoms with Gasteiger partial charge in [-0.3, -0.25) is 9.69 Å². The summed E-state index contributed by atoms with van der Waals surface area (Å²) in [7, 11) is 1.71. The highest BCUT2D eigenvalue weighted by Crippen LogP contribution is 2.19. The van der Waals surface area contributed by atoms with Crippen molar-refractivity contribution < 1.29 is 14.6 Å². The van der Waals surface area contributed by atoms with E-state index in [1.807, 2.05) is 6.92 Å². The number of aliphatic carboxylic acids is 1. The minimum Gasteiger partial charge on any atom is -0.480 e. The lowest BCUT2D eigenvalue weighted by atomic mass is 9.95. The Morgan fingerprint density at radius 2 is 2.17 bits per heavy atom. The normalized spacial score (nSPS) is 19.9. The van der Waals surface area contributed by atoms with Gasteiger partial charge in [-0.15, -0.1) is 0 Å². The molecular weight excluding hydrogens is 232 g/mol. The highest BCUT2D eigenvalue weighted by atomic mass is 16.5. The molecule has 1 atom stereocenters. The van der Waals surface area contributed by atoms with E-state index in [1.165, 1.54) is 0 Å². The molecule has 1 rings (SSSR count). The van der Waals surface area contributed by atoms with Crippen molar-refractivity contribution in [2.24, 2.45) is 5.92 Å². The summed E-state index contributed by atoms with van der Waals surface area (Å²) in [6.45, 7) is 6.40. The zero-order chi connectivity index (χ0) is 13.4. The topological polar surface area (TPSA) is 61.8 Å². The van der Waals surface area contributed by atoms with Crippen LogP contribution in [-0.2, 0) is 9.53 Å². The minimum atomic E-state index is -0.686. The third-order valence-corrected chi connectivity index (χ3v) is 3.68. The summed E-state index contributed by atoms with van der Waals surface area (Å²) in [4.78, 5) is 13.2. The maximum atomic E-state index is 11.1. The Morgan fingerprint density at radius 3 is 2.67 bits per heavy atom. The van der Waals surface area contributed by atoms with Gasteiger partial charge in [0.1, 0.15) is 6.04 Å². The fraction of sp³-hybridized carbons (Fsp3) is 0.923. The van der Waals surface area contributed by atoms with Crippen molar-refractivity contribution in [3.8, 4) is 0 Å². The second-order valence-electron chi connectivity index (χ2n) is 4.94. The molecule has 1 saturated heterocycles. The van der Waals surface area contributed by atoms with Gasteiger partial charge in [-0.2, -0.15) is 0 Å². The zero-order valence-corrected chi connectivity index (χ0v) is 11.5. The Morgan fingerprint density at radius 1 is 1.50 bits per heavy atom. The van der Waals surface area contributed by atoms with Crippen LogP contribution < -0.4 is 5.32 Å². The molecule has 0 aromatic heterocycles. The van der Waals surface area contributed by atoms with Crippen LogP contribution >= 0.6 is 0 Å². The highest BCUT2D eigenvalue weighted by Gasteiger charge is 2.27. The maximum absolute atomic E-state index is 11.1. The molecule has 1 aliphatic heterocycles. The molecule has 1 fully saturated rings. The van der Waals surface area contributed by atoms with E-state index in [0.29, 0.717) is 12.3 Å². The van der Waals surface area contributed by atoms with Crippen LogP contribution in [0.5, 0.6) is 0 Å². The number of hydrogen-bond acceptors (Lipinski definition) is 4. The van der Waals surface area contributed by atoms with Crippen molar-refractivity contribution >= 4 is 5.97 Å². The molecule has 2 N–H and O–H groups in total. The summed E-state index contributed by atoms with van der Waals surface area (Å²) in [5.74, 6) is -0.0152. The molecular formula is C13H26N2O3. The van der Waals surface area contributed by atoms with E-state index in [2.05, 4.69) is 10.2 Å². The van der Waals surface area contributed by atoms with E-state index in [9.17, 15) is 4.79 Å². The van der Waals surface area contributed by atoms with Crippen molar-refractivity contribution in [1.82, 2.24) is 10.2 Å². The number of hydrogen-bond donors (Lipinski definition) is 2. The summed E-state index contributed by atoms with van der Waals surface area (Å²) in [5, 5.41) is 12.5. The molecule has 106 valence electrons. The van der Waals surface area contributed by atoms with Crippen LogP contribution in [-0.4, -0.2) is 61.9 Å². The number of ether oxygens (including phenoxy) is 1. The van der Waals surface area contributed by atoms with Gasteiger partial charge in [0.2, 0.25) is 0 Å². The average molecular weight is 258 g/mol. The summed E-state index contributed by atoms with van der Waals surface area (Å²) >= 11 is 0. The maximum Gasteiger partial charge on any atom is 0.320 e. The van der Waals surface area contributed by atoms with Crippen LogP contribution in [0.4, 0.5) is 0 Å². The number of carboxylic acids is 1. The number of carboxylic acid groups (broad SMARTS) is 1. The lowest BCUT2D eigenvalue weighted by molar-refractivity contribution is -0.144. The number of nitrogens with one attached hydrogen (secondary N) is 1. The second kappa shape index (κ2) is 8.45. The van der Waals surface area contributed by atoms with Gasteiger partial charge in [0, 0.05) is 13.7 Å². The van der Waals surface area contributed by atoms with Crippen LogP contribution in [0.25, 0.3) is 0 Å². The van der Waals surface area contributed by atoms with Crippen LogP contribution in [0.1, 0.15) is 26.2 Å². The number of carbonyl (C=O) groups is 1. The average Bonchev–Trinajstić information content (AvgIpc) is 2.37. The lowest BCUT2D eigenvalue weighted by Crippen LogP contribution is -2.46. The van der Waals surface area contributed by atoms with Crippen LogP contribution in [0.15, 0.2) is 0 Å². The largest absolute Gasteiger partial charge is 0.480 e. The first-order chi connectivity index (χ1) is 8.69. The summed E-state index contributed by atoms with van der Waals surface area (Å²) < 4.78 is 4.98. The van der Waals surface area contributed by atoms with E-state index in [-0.39, 0.29) is 6.04 Å². The summed E-state index contributed by atoms with van der Waals surface area (Å²) in [5.41, 5.74) is 0. The van der Waals surface area contributed by atoms with Gasteiger partial charge in [-0.05, 0) is 44.8 Å². The van der Waals surface area contributed by atoms with Crippen LogP contribution in [0.3, 0.4) is 0 Å². The Bertz CT molecular complexity index is 240. The fourth-order valence-corrected chi connectivity index (χ4v) is 2.54. The van der Waals surface area contributed by atoms with Crippen molar-refractivity contribution in [1.29, 1.82) is 0 Å². The molecule has 1 unspecified atom stereocenters. The molecule has 0 aliphatic carbocycles. The summed E-state index contributed by atoms with van der Waals surface area (Å²) in [6.07, 6.45) is 2.86. The Labute approximate surface area is 109 Å². The molecule has 5 heteroatoms. The van der Waals surface area contributed by atoms with E-state index in [1.54, 1.807) is 7.11 Å². The van der Waals surface area contributed by atoms with Crippen molar-refractivity contribution in [2.45, 2.75) is 32.2 Å². The smallest absolute Gasteiger partial charge is 0.320 e. The predicted octanol–water partition coefficient (Wildman–Crippen LogP) is 0.798. The molecule has 0 radical (unpaired) electrons. The molecule has 1 aliphatic rings. The quantitative estimate of drug-likeness (QED) is 0.631. The first-order valence-electron chi connectivity index (χ1n) is 6.85. The molecule has 0 aromatic carbocycles. The van der Waals surface area contributed by atoms with Crippen molar-refractivity contribution in [2.75, 3.05) is 39.9 Å². The van der Waals surface area contributed by atoms with Gasteiger partial charge >= 0.3 is 5.97 Å². The van der Waals surface area contributed by atoms with Gasteiger partial charge in [0.05, 0.1) is 6.61 Å². The predicted molar refractivity (Wildman–Crippen MR) is 70.8 cm³/mol. The monoisotopic (exact) mass is 258 g/mol. The van der Waals surface area contributed by atoms with E-state index in [0.717, 1.165) is 45.6 Å². The van der Waals surface area contributed by atoms with Gasteiger partial charge in [0.15, 0.2) is 0 Å². The number of likely N-dealkylation sites (tertiary alicyclic amines) is 1. The number of piperidine rings is 1. The first-order valence-corrected chi connectivity index (χ1v) is 6.85. The van der Waals surface area contributed by atoms with E-state index in [4.69, 9.17) is 9.84 Å². The third kappa shape index (κ3) is 4.92. The van der Waals surface area contributed by atoms with E-state index >= 15 is 0 Å². The Hall–Kier alpha value is -0.650. The van der Waals surface area contributed by atoms with Crippen molar-refractivity contribution in [3.05, 3.63) is 0 Å². The van der Waals surface area contributed by atoms with Gasteiger partial charge in [0.25, 0.3) is 0 Å². The second-order valence-corrected chi connectivity index (χ2v) is 4.94. The molecule has 5 nitrogen and oxygen atoms in total. The molecule has 1 heterocycles. The van der Waals surface area contributed by atoms with Gasteiger partial charge < -0.3 is 15.2 Å². The molecule has 0 amide bonds. The highest BCUT2D eigenvalue weighted by molar-refractivity contribution is 5.73. The number of rotatable bonds is 8. The first kappa shape index (κ1) is 15.4. The van der Waals surface area contributed by atoms with Crippen LogP contribution in [0, 0.1) is 5.92 Å². The lowest BCUT2D eigenvalue weighted by Gasteiger charge is -2.35. The number of nitrogens with zero attached hydrogens (tertiary/aromatic N) is 1. The molecule has 0 bridgehead atoms. The standard InChI is InChI=1S/C13H26N2O3/c1-3-12(13(16)17)15-7-4-11(5-8-15)10-14-6-9-18-2/h11-12,14H,3-10H2,1-2H3,(H,16,17). The molecule has 0 spiro atoms. The minimum absolute atomic E-state index is 0.299. The number of methoxy groups -OCH3 is 1. The summed E-state index contributed by atoms with van der Waals surface area (Å²) in [6, 6.07) is -0.299. The van der Waals surface area contributed by atoms with Gasteiger partial charge in [-0.1, -0.05) is 6.92 Å². The molecule has 0 aromatic rings. The SMILES string of the molecule is CCC(C(=O)O)N1CCC(CNCCOC)CC1. The molecule has 0 saturated carbocycles. The van der Waals surface area contributed by atoms with Gasteiger partial charge in [-0.25, -0.2) is 0 Å². The Balaban J connectivity index is 2.21. The van der Waals surface area contributed by atoms with E-state index < -0.39 is 5.97 Å². The zero-order valence-electron chi connectivity index (χ0n) is 11.5. The molecule has 18 heavy (non-hydrogen) atoms. The van der Waals surface area contributed by atoms with Crippen LogP contribution in [0.2, 0.25) is 0 Å². The van der Waals surface area contributed by atoms with Crippen molar-refractivity contribution in [3.63, 3.8) is 0 Å². The Kier molecular flexibility index (Phi) is 7.23. The third-order valence-electron chi connectivity index (χ3n) is 3.68.